The summed E-state index contributed by atoms with van der Waals surface area (Å²) in [6.07, 6.45) is -4.26. The molecule has 0 saturated heterocycles. The number of aliphatic hydroxyl groups excluding tert-OH is 1. The van der Waals surface area contributed by atoms with Crippen molar-refractivity contribution in [3.8, 4) is 11.5 Å². The Kier molecular flexibility index (Phi) is 3.43. The van der Waals surface area contributed by atoms with Crippen LogP contribution in [-0.2, 0) is 12.6 Å². The van der Waals surface area contributed by atoms with E-state index in [1.54, 1.807) is 0 Å². The Balaban J connectivity index is 2.35. The molecule has 3 N–H and O–H groups in total. The van der Waals surface area contributed by atoms with Crippen LogP contribution in [0.25, 0.3) is 11.5 Å². The molecule has 1 aromatic heterocycles. The van der Waals surface area contributed by atoms with Crippen LogP contribution in [0.15, 0.2) is 22.7 Å². The highest BCUT2D eigenvalue weighted by Gasteiger charge is 2.31. The number of alkyl halides is 3. The zero-order chi connectivity index (χ0) is 14.0. The maximum absolute atomic E-state index is 12.5. The number of aliphatic hydroxyl groups is 1. The molecule has 0 aliphatic carbocycles. The number of halogens is 3. The molecular formula is C11H10F3N3O2. The zero-order valence-corrected chi connectivity index (χ0v) is 9.61. The summed E-state index contributed by atoms with van der Waals surface area (Å²) in [6, 6.07) is 2.88. The molecule has 2 aromatic rings. The van der Waals surface area contributed by atoms with E-state index in [1.807, 2.05) is 0 Å². The van der Waals surface area contributed by atoms with Crippen LogP contribution in [0, 0.1) is 0 Å². The van der Waals surface area contributed by atoms with Gasteiger partial charge in [-0.15, -0.1) is 0 Å². The number of benzene rings is 1. The summed E-state index contributed by atoms with van der Waals surface area (Å²) in [5.41, 5.74) is 4.84. The fourth-order valence-electron chi connectivity index (χ4n) is 1.50. The molecule has 0 spiro atoms. The summed E-state index contributed by atoms with van der Waals surface area (Å²) in [5.74, 6) is 0.284. The van der Waals surface area contributed by atoms with Gasteiger partial charge in [-0.05, 0) is 18.2 Å². The lowest BCUT2D eigenvalue weighted by Crippen LogP contribution is -2.06. The highest BCUT2D eigenvalue weighted by Crippen LogP contribution is 2.34. The number of nitrogens with zero attached hydrogens (tertiary/aromatic N) is 2. The van der Waals surface area contributed by atoms with Gasteiger partial charge in [0.25, 0.3) is 5.89 Å². The van der Waals surface area contributed by atoms with Gasteiger partial charge in [-0.1, -0.05) is 5.16 Å². The molecule has 0 aliphatic heterocycles. The first kappa shape index (κ1) is 13.3. The Morgan fingerprint density at radius 2 is 2.05 bits per heavy atom. The largest absolute Gasteiger partial charge is 0.416 e. The van der Waals surface area contributed by atoms with Crippen LogP contribution in [0.1, 0.15) is 11.4 Å². The average molecular weight is 273 g/mol. The molecule has 1 heterocycles. The minimum absolute atomic E-state index is 0.0228. The summed E-state index contributed by atoms with van der Waals surface area (Å²) >= 11 is 0. The molecular weight excluding hydrogens is 263 g/mol. The Bertz CT molecular complexity index is 581. The van der Waals surface area contributed by atoms with E-state index in [-0.39, 0.29) is 36.0 Å². The second kappa shape index (κ2) is 4.88. The highest BCUT2D eigenvalue weighted by atomic mass is 19.4. The van der Waals surface area contributed by atoms with Gasteiger partial charge in [-0.25, -0.2) is 0 Å². The van der Waals surface area contributed by atoms with Crippen LogP contribution < -0.4 is 5.73 Å². The van der Waals surface area contributed by atoms with Crippen LogP contribution >= 0.6 is 0 Å². The number of rotatable bonds is 3. The zero-order valence-electron chi connectivity index (χ0n) is 9.61. The number of aromatic nitrogens is 2. The molecule has 0 bridgehead atoms. The van der Waals surface area contributed by atoms with Gasteiger partial charge in [0.15, 0.2) is 5.82 Å². The van der Waals surface area contributed by atoms with E-state index in [1.165, 1.54) is 6.07 Å². The predicted molar refractivity (Wildman–Crippen MR) is 59.9 cm³/mol. The second-order valence-electron chi connectivity index (χ2n) is 3.79. The fraction of sp³-hybridized carbons (Fsp3) is 0.273. The van der Waals surface area contributed by atoms with E-state index in [0.29, 0.717) is 0 Å². The Hall–Kier alpha value is -2.09. The summed E-state index contributed by atoms with van der Waals surface area (Å²) < 4.78 is 42.3. The molecule has 0 fully saturated rings. The molecule has 0 unspecified atom stereocenters. The topological polar surface area (TPSA) is 85.2 Å². The molecule has 19 heavy (non-hydrogen) atoms. The van der Waals surface area contributed by atoms with Gasteiger partial charge in [-0.2, -0.15) is 18.2 Å². The summed E-state index contributed by atoms with van der Waals surface area (Å²) in [5, 5.41) is 12.3. The van der Waals surface area contributed by atoms with Crippen molar-refractivity contribution < 1.29 is 22.8 Å². The smallest absolute Gasteiger partial charge is 0.398 e. The van der Waals surface area contributed by atoms with Crippen molar-refractivity contribution in [2.45, 2.75) is 12.6 Å². The predicted octanol–water partition coefficient (Wildman–Crippen LogP) is 1.87. The summed E-state index contributed by atoms with van der Waals surface area (Å²) in [6.45, 7) is -0.151. The van der Waals surface area contributed by atoms with E-state index in [4.69, 9.17) is 15.4 Å². The van der Waals surface area contributed by atoms with E-state index in [2.05, 4.69) is 10.1 Å². The van der Waals surface area contributed by atoms with Gasteiger partial charge in [0.05, 0.1) is 17.7 Å². The van der Waals surface area contributed by atoms with Crippen molar-refractivity contribution in [3.63, 3.8) is 0 Å². The Morgan fingerprint density at radius 1 is 1.32 bits per heavy atom. The van der Waals surface area contributed by atoms with Crippen molar-refractivity contribution >= 4 is 5.69 Å². The maximum atomic E-state index is 12.5. The van der Waals surface area contributed by atoms with Gasteiger partial charge in [0.2, 0.25) is 0 Å². The summed E-state index contributed by atoms with van der Waals surface area (Å²) in [7, 11) is 0. The lowest BCUT2D eigenvalue weighted by Gasteiger charge is -2.08. The normalized spacial score (nSPS) is 11.8. The lowest BCUT2D eigenvalue weighted by molar-refractivity contribution is -0.137. The summed E-state index contributed by atoms with van der Waals surface area (Å²) in [4.78, 5) is 3.92. The quantitative estimate of drug-likeness (QED) is 0.834. The van der Waals surface area contributed by atoms with E-state index >= 15 is 0 Å². The number of anilines is 1. The number of hydrogen-bond acceptors (Lipinski definition) is 5. The molecule has 8 heteroatoms. The Labute approximate surface area is 105 Å². The highest BCUT2D eigenvalue weighted by molar-refractivity contribution is 5.71. The molecule has 102 valence electrons. The van der Waals surface area contributed by atoms with Gasteiger partial charge < -0.3 is 15.4 Å². The van der Waals surface area contributed by atoms with Crippen LogP contribution in [0.2, 0.25) is 0 Å². The lowest BCUT2D eigenvalue weighted by atomic mass is 10.1. The van der Waals surface area contributed by atoms with Crippen LogP contribution in [0.3, 0.4) is 0 Å². The maximum Gasteiger partial charge on any atom is 0.416 e. The minimum atomic E-state index is -4.45. The van der Waals surface area contributed by atoms with Gasteiger partial charge in [-0.3, -0.25) is 0 Å². The molecule has 0 saturated carbocycles. The first-order valence-corrected chi connectivity index (χ1v) is 5.32. The van der Waals surface area contributed by atoms with E-state index in [0.717, 1.165) is 12.1 Å². The van der Waals surface area contributed by atoms with Crippen LogP contribution in [-0.4, -0.2) is 21.9 Å². The third-order valence-electron chi connectivity index (χ3n) is 2.41. The van der Waals surface area contributed by atoms with E-state index < -0.39 is 11.7 Å². The van der Waals surface area contributed by atoms with Crippen molar-refractivity contribution in [3.05, 3.63) is 29.6 Å². The monoisotopic (exact) mass is 273 g/mol. The van der Waals surface area contributed by atoms with Crippen molar-refractivity contribution in [1.29, 1.82) is 0 Å². The first-order valence-electron chi connectivity index (χ1n) is 5.32. The SMILES string of the molecule is Nc1cc(C(F)(F)F)ccc1-c1nc(CCO)no1. The fourth-order valence-corrected chi connectivity index (χ4v) is 1.50. The van der Waals surface area contributed by atoms with Gasteiger partial charge >= 0.3 is 6.18 Å². The van der Waals surface area contributed by atoms with Crippen molar-refractivity contribution in [1.82, 2.24) is 10.1 Å². The average Bonchev–Trinajstić information content (AvgIpc) is 2.76. The van der Waals surface area contributed by atoms with Crippen LogP contribution in [0.5, 0.6) is 0 Å². The molecule has 1 aromatic carbocycles. The van der Waals surface area contributed by atoms with Gasteiger partial charge in [0, 0.05) is 12.1 Å². The number of nitrogens with two attached hydrogens (primary N) is 1. The third-order valence-corrected chi connectivity index (χ3v) is 2.41. The third kappa shape index (κ3) is 2.84. The number of hydrogen-bond donors (Lipinski definition) is 2. The van der Waals surface area contributed by atoms with Crippen molar-refractivity contribution in [2.75, 3.05) is 12.3 Å². The first-order chi connectivity index (χ1) is 8.91. The van der Waals surface area contributed by atoms with Gasteiger partial charge in [0.1, 0.15) is 0 Å². The Morgan fingerprint density at radius 3 is 2.63 bits per heavy atom. The minimum Gasteiger partial charge on any atom is -0.398 e. The van der Waals surface area contributed by atoms with Crippen molar-refractivity contribution in [2.24, 2.45) is 0 Å². The second-order valence-corrected chi connectivity index (χ2v) is 3.79. The molecule has 0 atom stereocenters. The van der Waals surface area contributed by atoms with Crippen LogP contribution in [0.4, 0.5) is 18.9 Å². The molecule has 0 radical (unpaired) electrons. The molecule has 0 aliphatic rings. The molecule has 2 rings (SSSR count). The molecule has 0 amide bonds. The standard InChI is InChI=1S/C11H10F3N3O2/c12-11(13,14)6-1-2-7(8(15)5-6)10-16-9(3-4-18)17-19-10/h1-2,5,18H,3-4,15H2. The van der Waals surface area contributed by atoms with E-state index in [9.17, 15) is 13.2 Å². The number of nitrogen functional groups attached to an aromatic ring is 1. The molecule has 5 nitrogen and oxygen atoms in total.